The average Bonchev–Trinajstić information content (AvgIpc) is 3.15. The highest BCUT2D eigenvalue weighted by Crippen LogP contribution is 2.39. The molecule has 0 saturated heterocycles. The number of nitrogens with zero attached hydrogens (tertiary/aromatic N) is 2. The second-order valence-corrected chi connectivity index (χ2v) is 11.9. The second kappa shape index (κ2) is 13.1. The van der Waals surface area contributed by atoms with Crippen LogP contribution in [0.2, 0.25) is 0 Å². The van der Waals surface area contributed by atoms with Crippen LogP contribution >= 0.6 is 0 Å². The molecule has 0 radical (unpaired) electrons. The fourth-order valence-corrected chi connectivity index (χ4v) is 6.88. The second-order valence-electron chi connectivity index (χ2n) is 11.9. The standard InChI is InChI=1S/C29H52N2/c1-22-11-9-14-26-15-10-16-28(18-17-22)27(19-20-29-21-24(3)30-31-29)13-8-6-5-7-12-23(2)25(26)4/h22-23,25-28H,5-21H2,1-4H3. The Labute approximate surface area is 194 Å². The van der Waals surface area contributed by atoms with Crippen molar-refractivity contribution in [2.75, 3.05) is 0 Å². The molecule has 3 aliphatic rings. The molecule has 0 aromatic carbocycles. The number of rotatable bonds is 3. The molecule has 6 atom stereocenters. The lowest BCUT2D eigenvalue weighted by atomic mass is 9.74. The van der Waals surface area contributed by atoms with Gasteiger partial charge in [0.25, 0.3) is 0 Å². The maximum Gasteiger partial charge on any atom is 0.0462 e. The van der Waals surface area contributed by atoms with Gasteiger partial charge in [-0.05, 0) is 61.7 Å². The van der Waals surface area contributed by atoms with Crippen molar-refractivity contribution in [3.63, 3.8) is 0 Å². The zero-order valence-electron chi connectivity index (χ0n) is 21.4. The van der Waals surface area contributed by atoms with E-state index in [1.807, 2.05) is 0 Å². The minimum absolute atomic E-state index is 0.911. The van der Waals surface area contributed by atoms with Crippen LogP contribution in [0.25, 0.3) is 0 Å². The van der Waals surface area contributed by atoms with Gasteiger partial charge in [0, 0.05) is 17.8 Å². The molecule has 2 aliphatic carbocycles. The molecule has 2 nitrogen and oxygen atoms in total. The third kappa shape index (κ3) is 8.32. The topological polar surface area (TPSA) is 24.7 Å². The molecule has 31 heavy (non-hydrogen) atoms. The predicted molar refractivity (Wildman–Crippen MR) is 137 cm³/mol. The summed E-state index contributed by atoms with van der Waals surface area (Å²) in [5, 5.41) is 8.78. The van der Waals surface area contributed by atoms with E-state index in [0.29, 0.717) is 0 Å². The summed E-state index contributed by atoms with van der Waals surface area (Å²) in [6.07, 6.45) is 24.1. The maximum absolute atomic E-state index is 4.48. The van der Waals surface area contributed by atoms with Crippen LogP contribution in [-0.4, -0.2) is 11.4 Å². The van der Waals surface area contributed by atoms with E-state index in [-0.39, 0.29) is 0 Å². The van der Waals surface area contributed by atoms with Gasteiger partial charge >= 0.3 is 0 Å². The third-order valence-corrected chi connectivity index (χ3v) is 9.37. The monoisotopic (exact) mass is 428 g/mol. The van der Waals surface area contributed by atoms with E-state index in [9.17, 15) is 0 Å². The number of hydrogen-bond acceptors (Lipinski definition) is 2. The van der Waals surface area contributed by atoms with Crippen molar-refractivity contribution in [1.82, 2.24) is 0 Å². The molecular weight excluding hydrogens is 376 g/mol. The molecule has 0 aromatic rings. The van der Waals surface area contributed by atoms with Crippen molar-refractivity contribution in [2.24, 2.45) is 45.7 Å². The van der Waals surface area contributed by atoms with Gasteiger partial charge in [0.15, 0.2) is 0 Å². The largest absolute Gasteiger partial charge is 0.160 e. The van der Waals surface area contributed by atoms with Crippen LogP contribution in [0.3, 0.4) is 0 Å². The van der Waals surface area contributed by atoms with Crippen LogP contribution in [0, 0.1) is 35.5 Å². The minimum Gasteiger partial charge on any atom is -0.160 e. The average molecular weight is 429 g/mol. The summed E-state index contributed by atoms with van der Waals surface area (Å²) in [6, 6.07) is 0. The molecule has 1 heterocycles. The molecule has 1 aliphatic heterocycles. The molecule has 0 spiro atoms. The number of fused-ring (bicyclic) bond motifs is 4. The lowest BCUT2D eigenvalue weighted by Crippen LogP contribution is -2.21. The molecule has 0 N–H and O–H groups in total. The first-order chi connectivity index (χ1) is 15.0. The Morgan fingerprint density at radius 3 is 2.13 bits per heavy atom. The first-order valence-electron chi connectivity index (χ1n) is 14.1. The fraction of sp³-hybridized carbons (Fsp3) is 0.931. The minimum atomic E-state index is 0.911. The Morgan fingerprint density at radius 1 is 0.677 bits per heavy atom. The first kappa shape index (κ1) is 25.0. The molecule has 0 aromatic heterocycles. The van der Waals surface area contributed by atoms with E-state index in [2.05, 4.69) is 37.9 Å². The number of hydrogen-bond donors (Lipinski definition) is 0. The van der Waals surface area contributed by atoms with Gasteiger partial charge in [-0.1, -0.05) is 104 Å². The lowest BCUT2D eigenvalue weighted by Gasteiger charge is -2.31. The zero-order chi connectivity index (χ0) is 22.1. The summed E-state index contributed by atoms with van der Waals surface area (Å²) in [5.74, 6) is 5.57. The highest BCUT2D eigenvalue weighted by molar-refractivity contribution is 6.06. The van der Waals surface area contributed by atoms with Crippen LogP contribution in [0.4, 0.5) is 0 Å². The molecule has 2 fully saturated rings. The highest BCUT2D eigenvalue weighted by atomic mass is 15.2. The van der Waals surface area contributed by atoms with Gasteiger partial charge in [-0.2, -0.15) is 10.2 Å². The van der Waals surface area contributed by atoms with Gasteiger partial charge < -0.3 is 0 Å². The van der Waals surface area contributed by atoms with Gasteiger partial charge in [-0.3, -0.25) is 0 Å². The van der Waals surface area contributed by atoms with E-state index in [4.69, 9.17) is 0 Å². The summed E-state index contributed by atoms with van der Waals surface area (Å²) in [6.45, 7) is 9.81. The lowest BCUT2D eigenvalue weighted by molar-refractivity contribution is 0.198. The summed E-state index contributed by atoms with van der Waals surface area (Å²) < 4.78 is 0. The van der Waals surface area contributed by atoms with Crippen LogP contribution < -0.4 is 0 Å². The predicted octanol–water partition coefficient (Wildman–Crippen LogP) is 9.23. The molecule has 3 rings (SSSR count). The Kier molecular flexibility index (Phi) is 10.6. The van der Waals surface area contributed by atoms with Crippen molar-refractivity contribution in [2.45, 2.75) is 137 Å². The third-order valence-electron chi connectivity index (χ3n) is 9.37. The summed E-state index contributed by atoms with van der Waals surface area (Å²) >= 11 is 0. The van der Waals surface area contributed by atoms with Gasteiger partial charge in [0.1, 0.15) is 0 Å². The van der Waals surface area contributed by atoms with Crippen molar-refractivity contribution >= 4 is 11.4 Å². The van der Waals surface area contributed by atoms with E-state index in [0.717, 1.165) is 41.9 Å². The quantitative estimate of drug-likeness (QED) is 0.428. The Hall–Kier alpha value is -0.660. The Morgan fingerprint density at radius 2 is 1.39 bits per heavy atom. The molecule has 2 bridgehead atoms. The van der Waals surface area contributed by atoms with Gasteiger partial charge in [-0.25, -0.2) is 0 Å². The molecule has 6 unspecified atom stereocenters. The summed E-state index contributed by atoms with van der Waals surface area (Å²) in [4.78, 5) is 0. The zero-order valence-corrected chi connectivity index (χ0v) is 21.4. The SMILES string of the molecule is CC1=NN=C(CCC2CCCCCCC(C)C(C)C3CCCC(C)CCC2CCC3)C1. The van der Waals surface area contributed by atoms with Crippen molar-refractivity contribution in [1.29, 1.82) is 0 Å². The van der Waals surface area contributed by atoms with Gasteiger partial charge in [0.2, 0.25) is 0 Å². The van der Waals surface area contributed by atoms with Crippen molar-refractivity contribution < 1.29 is 0 Å². The van der Waals surface area contributed by atoms with Crippen LogP contribution in [-0.2, 0) is 0 Å². The first-order valence-corrected chi connectivity index (χ1v) is 14.1. The molecule has 0 amide bonds. The normalized spacial score (nSPS) is 37.0. The van der Waals surface area contributed by atoms with E-state index < -0.39 is 0 Å². The Balaban J connectivity index is 1.69. The molecule has 2 saturated carbocycles. The molecule has 2 heteroatoms. The van der Waals surface area contributed by atoms with E-state index >= 15 is 0 Å². The van der Waals surface area contributed by atoms with E-state index in [1.165, 1.54) is 114 Å². The maximum atomic E-state index is 4.48. The summed E-state index contributed by atoms with van der Waals surface area (Å²) in [5.41, 5.74) is 2.56. The molecular formula is C29H52N2. The van der Waals surface area contributed by atoms with Crippen molar-refractivity contribution in [3.05, 3.63) is 0 Å². The smallest absolute Gasteiger partial charge is 0.0462 e. The van der Waals surface area contributed by atoms with Crippen LogP contribution in [0.15, 0.2) is 10.2 Å². The Bertz CT molecular complexity index is 577. The van der Waals surface area contributed by atoms with Crippen molar-refractivity contribution in [3.8, 4) is 0 Å². The van der Waals surface area contributed by atoms with Gasteiger partial charge in [-0.15, -0.1) is 0 Å². The fourth-order valence-electron chi connectivity index (χ4n) is 6.88. The van der Waals surface area contributed by atoms with E-state index in [1.54, 1.807) is 0 Å². The molecule has 178 valence electrons. The summed E-state index contributed by atoms with van der Waals surface area (Å²) in [7, 11) is 0. The van der Waals surface area contributed by atoms with Gasteiger partial charge in [0.05, 0.1) is 0 Å². The van der Waals surface area contributed by atoms with Crippen LogP contribution in [0.5, 0.6) is 0 Å². The van der Waals surface area contributed by atoms with Crippen LogP contribution in [0.1, 0.15) is 137 Å². The highest BCUT2D eigenvalue weighted by Gasteiger charge is 2.27.